The minimum Gasteiger partial charge on any atom is -0.493 e. The van der Waals surface area contributed by atoms with Gasteiger partial charge in [-0.2, -0.15) is 0 Å². The van der Waals surface area contributed by atoms with Gasteiger partial charge in [0.25, 0.3) is 5.69 Å². The fraction of sp³-hybridized carbons (Fsp3) is 0.381. The number of benzene rings is 2. The van der Waals surface area contributed by atoms with Gasteiger partial charge in [-0.05, 0) is 30.7 Å². The molecule has 0 radical (unpaired) electrons. The van der Waals surface area contributed by atoms with Crippen LogP contribution < -0.4 is 14.2 Å². The van der Waals surface area contributed by atoms with E-state index in [0.717, 1.165) is 19.3 Å². The van der Waals surface area contributed by atoms with Gasteiger partial charge >= 0.3 is 5.97 Å². The maximum atomic E-state index is 11.8. The van der Waals surface area contributed by atoms with Gasteiger partial charge in [0.1, 0.15) is 30.5 Å². The van der Waals surface area contributed by atoms with E-state index < -0.39 is 10.9 Å². The van der Waals surface area contributed by atoms with E-state index in [1.54, 1.807) is 18.2 Å². The third kappa shape index (κ3) is 8.50. The zero-order valence-electron chi connectivity index (χ0n) is 16.4. The van der Waals surface area contributed by atoms with Gasteiger partial charge in [0, 0.05) is 18.2 Å². The average Bonchev–Trinajstić information content (AvgIpc) is 2.73. The van der Waals surface area contributed by atoms with Crippen LogP contribution >= 0.6 is 0 Å². The summed E-state index contributed by atoms with van der Waals surface area (Å²) in [6.45, 7) is 2.73. The highest BCUT2D eigenvalue weighted by Crippen LogP contribution is 2.20. The SMILES string of the molecule is CCCCCOc1cccc(OCC(=O)OCCOc2ccc([N+](=O)[O-])cc2)c1. The zero-order chi connectivity index (χ0) is 20.9. The van der Waals surface area contributed by atoms with Crippen LogP contribution in [0, 0.1) is 10.1 Å². The molecule has 0 atom stereocenters. The predicted octanol–water partition coefficient (Wildman–Crippen LogP) is 4.16. The molecule has 0 heterocycles. The van der Waals surface area contributed by atoms with E-state index in [1.165, 1.54) is 24.3 Å². The first kappa shape index (κ1) is 22.0. The molecule has 0 unspecified atom stereocenters. The normalized spacial score (nSPS) is 10.2. The summed E-state index contributed by atoms with van der Waals surface area (Å²) in [5, 5.41) is 10.6. The molecule has 2 aromatic carbocycles. The lowest BCUT2D eigenvalue weighted by molar-refractivity contribution is -0.384. The molecular weight excluding hydrogens is 378 g/mol. The van der Waals surface area contributed by atoms with Crippen molar-refractivity contribution in [3.05, 3.63) is 58.6 Å². The molecule has 0 spiro atoms. The van der Waals surface area contributed by atoms with Crippen LogP contribution in [-0.4, -0.2) is 37.3 Å². The molecule has 0 saturated carbocycles. The molecule has 2 aromatic rings. The molecule has 8 heteroatoms. The van der Waals surface area contributed by atoms with Crippen LogP contribution in [-0.2, 0) is 9.53 Å². The Hall–Kier alpha value is -3.29. The van der Waals surface area contributed by atoms with Crippen LogP contribution in [0.2, 0.25) is 0 Å². The number of esters is 1. The number of nitro groups is 1. The molecule has 0 aliphatic rings. The standard InChI is InChI=1S/C21H25NO7/c1-2-3-4-12-26-19-6-5-7-20(15-19)29-16-21(23)28-14-13-27-18-10-8-17(9-11-18)22(24)25/h5-11,15H,2-4,12-14,16H2,1H3. The number of hydrogen-bond acceptors (Lipinski definition) is 7. The number of rotatable bonds is 13. The Bertz CT molecular complexity index is 777. The highest BCUT2D eigenvalue weighted by Gasteiger charge is 2.07. The van der Waals surface area contributed by atoms with Crippen molar-refractivity contribution in [2.45, 2.75) is 26.2 Å². The maximum absolute atomic E-state index is 11.8. The molecule has 156 valence electrons. The summed E-state index contributed by atoms with van der Waals surface area (Å²) in [5.74, 6) is 1.16. The molecule has 0 aliphatic carbocycles. The van der Waals surface area contributed by atoms with Crippen molar-refractivity contribution in [2.24, 2.45) is 0 Å². The van der Waals surface area contributed by atoms with Crippen LogP contribution in [0.5, 0.6) is 17.2 Å². The third-order valence-corrected chi connectivity index (χ3v) is 3.84. The molecule has 0 bridgehead atoms. The Morgan fingerprint density at radius 2 is 1.59 bits per heavy atom. The molecule has 0 aliphatic heterocycles. The van der Waals surface area contributed by atoms with Crippen molar-refractivity contribution >= 4 is 11.7 Å². The van der Waals surface area contributed by atoms with Crippen LogP contribution in [0.3, 0.4) is 0 Å². The Kier molecular flexibility index (Phi) is 9.28. The largest absolute Gasteiger partial charge is 0.493 e. The minimum atomic E-state index is -0.522. The molecular formula is C21H25NO7. The first-order chi connectivity index (χ1) is 14.1. The third-order valence-electron chi connectivity index (χ3n) is 3.84. The summed E-state index contributed by atoms with van der Waals surface area (Å²) in [5.41, 5.74) is -0.0173. The molecule has 8 nitrogen and oxygen atoms in total. The number of nitrogens with zero attached hydrogens (tertiary/aromatic N) is 1. The predicted molar refractivity (Wildman–Crippen MR) is 107 cm³/mol. The van der Waals surface area contributed by atoms with Crippen LogP contribution in [0.4, 0.5) is 5.69 Å². The quantitative estimate of drug-likeness (QED) is 0.214. The Labute approximate surface area is 169 Å². The summed E-state index contributed by atoms with van der Waals surface area (Å²) in [4.78, 5) is 21.9. The van der Waals surface area contributed by atoms with E-state index in [2.05, 4.69) is 6.92 Å². The Morgan fingerprint density at radius 1 is 0.897 bits per heavy atom. The second kappa shape index (κ2) is 12.2. The highest BCUT2D eigenvalue weighted by atomic mass is 16.6. The lowest BCUT2D eigenvalue weighted by Gasteiger charge is -2.10. The first-order valence-corrected chi connectivity index (χ1v) is 9.47. The average molecular weight is 403 g/mol. The Balaban J connectivity index is 1.63. The molecule has 2 rings (SSSR count). The van der Waals surface area contributed by atoms with Crippen LogP contribution in [0.25, 0.3) is 0 Å². The van der Waals surface area contributed by atoms with E-state index in [0.29, 0.717) is 23.9 Å². The van der Waals surface area contributed by atoms with E-state index in [1.807, 2.05) is 6.07 Å². The topological polar surface area (TPSA) is 97.1 Å². The summed E-state index contributed by atoms with van der Waals surface area (Å²) in [6, 6.07) is 12.8. The number of unbranched alkanes of at least 4 members (excludes halogenated alkanes) is 2. The van der Waals surface area contributed by atoms with Crippen molar-refractivity contribution < 1.29 is 28.7 Å². The van der Waals surface area contributed by atoms with Gasteiger partial charge in [-0.15, -0.1) is 0 Å². The smallest absolute Gasteiger partial charge is 0.344 e. The first-order valence-electron chi connectivity index (χ1n) is 9.47. The molecule has 29 heavy (non-hydrogen) atoms. The molecule has 0 saturated heterocycles. The van der Waals surface area contributed by atoms with Crippen molar-refractivity contribution in [1.29, 1.82) is 0 Å². The highest BCUT2D eigenvalue weighted by molar-refractivity contribution is 5.71. The molecule has 0 amide bonds. The lowest BCUT2D eigenvalue weighted by Crippen LogP contribution is -2.18. The van der Waals surface area contributed by atoms with E-state index in [9.17, 15) is 14.9 Å². The Morgan fingerprint density at radius 3 is 2.28 bits per heavy atom. The molecule has 0 N–H and O–H groups in total. The van der Waals surface area contributed by atoms with Gasteiger partial charge in [-0.25, -0.2) is 4.79 Å². The second-order valence-electron chi connectivity index (χ2n) is 6.14. The van der Waals surface area contributed by atoms with E-state index in [4.69, 9.17) is 18.9 Å². The van der Waals surface area contributed by atoms with Gasteiger partial charge in [0.15, 0.2) is 6.61 Å². The van der Waals surface area contributed by atoms with Gasteiger partial charge in [-0.1, -0.05) is 25.8 Å². The van der Waals surface area contributed by atoms with Gasteiger partial charge < -0.3 is 18.9 Å². The number of carbonyl (C=O) groups is 1. The van der Waals surface area contributed by atoms with Gasteiger partial charge in [0.2, 0.25) is 0 Å². The van der Waals surface area contributed by atoms with Crippen molar-refractivity contribution in [3.8, 4) is 17.2 Å². The summed E-state index contributed by atoms with van der Waals surface area (Å²) >= 11 is 0. The van der Waals surface area contributed by atoms with Crippen LogP contribution in [0.1, 0.15) is 26.2 Å². The minimum absolute atomic E-state index is 0.0173. The van der Waals surface area contributed by atoms with Gasteiger partial charge in [0.05, 0.1) is 11.5 Å². The number of ether oxygens (including phenoxy) is 4. The van der Waals surface area contributed by atoms with Crippen molar-refractivity contribution in [1.82, 2.24) is 0 Å². The number of nitro benzene ring substituents is 1. The number of hydrogen-bond donors (Lipinski definition) is 0. The summed E-state index contributed by atoms with van der Waals surface area (Å²) in [6.07, 6.45) is 3.25. The second-order valence-corrected chi connectivity index (χ2v) is 6.14. The molecule has 0 fully saturated rings. The summed E-state index contributed by atoms with van der Waals surface area (Å²) in [7, 11) is 0. The van der Waals surface area contributed by atoms with E-state index in [-0.39, 0.29) is 25.5 Å². The summed E-state index contributed by atoms with van der Waals surface area (Å²) < 4.78 is 21.5. The monoisotopic (exact) mass is 403 g/mol. The number of non-ortho nitro benzene ring substituents is 1. The maximum Gasteiger partial charge on any atom is 0.344 e. The van der Waals surface area contributed by atoms with Crippen LogP contribution in [0.15, 0.2) is 48.5 Å². The van der Waals surface area contributed by atoms with E-state index >= 15 is 0 Å². The number of carbonyl (C=O) groups excluding carboxylic acids is 1. The zero-order valence-corrected chi connectivity index (χ0v) is 16.4. The van der Waals surface area contributed by atoms with Crippen molar-refractivity contribution in [2.75, 3.05) is 26.4 Å². The fourth-order valence-electron chi connectivity index (χ4n) is 2.36. The van der Waals surface area contributed by atoms with Gasteiger partial charge in [-0.3, -0.25) is 10.1 Å². The lowest BCUT2D eigenvalue weighted by atomic mass is 10.3. The van der Waals surface area contributed by atoms with Crippen molar-refractivity contribution in [3.63, 3.8) is 0 Å². The molecule has 0 aromatic heterocycles. The fourth-order valence-corrected chi connectivity index (χ4v) is 2.36.